The minimum Gasteiger partial charge on any atom is -0.458 e. The molecule has 0 aromatic heterocycles. The first-order valence-corrected chi connectivity index (χ1v) is 33.0. The van der Waals surface area contributed by atoms with Crippen molar-refractivity contribution in [3.05, 3.63) is 321 Å². The van der Waals surface area contributed by atoms with Crippen LogP contribution in [0.2, 0.25) is 0 Å². The Bertz CT molecular complexity index is 5240. The fourth-order valence-electron chi connectivity index (χ4n) is 14.9. The van der Waals surface area contributed by atoms with Gasteiger partial charge in [0.15, 0.2) is 0 Å². The first kappa shape index (κ1) is 56.8. The number of hydrogen-bond donors (Lipinski definition) is 0. The molecule has 2 heterocycles. The number of nitrogens with zero attached hydrogens (tertiary/aromatic N) is 2. The highest BCUT2D eigenvalue weighted by molar-refractivity contribution is 6.99. The Hall–Kier alpha value is -11.2. The molecule has 448 valence electrons. The van der Waals surface area contributed by atoms with Crippen molar-refractivity contribution in [2.75, 3.05) is 9.80 Å². The molecule has 0 saturated heterocycles. The lowest BCUT2D eigenvalue weighted by molar-refractivity contribution is 0.487. The smallest absolute Gasteiger partial charge is 0.256 e. The number of rotatable bonds is 10. The summed E-state index contributed by atoms with van der Waals surface area (Å²) in [6, 6.07) is 115. The molecule has 0 spiro atoms. The van der Waals surface area contributed by atoms with Crippen molar-refractivity contribution in [3.63, 3.8) is 0 Å². The zero-order valence-corrected chi connectivity index (χ0v) is 53.8. The molecule has 0 N–H and O–H groups in total. The maximum absolute atomic E-state index is 7.64. The van der Waals surface area contributed by atoms with E-state index in [9.17, 15) is 0 Å². The zero-order chi connectivity index (χ0) is 63.4. The van der Waals surface area contributed by atoms with Crippen LogP contribution in [0.25, 0.3) is 99.1 Å². The minimum absolute atomic E-state index is 0.0506. The Labute approximate surface area is 551 Å². The van der Waals surface area contributed by atoms with Crippen LogP contribution in [0.5, 0.6) is 11.5 Å². The van der Waals surface area contributed by atoms with E-state index < -0.39 is 0 Å². The largest absolute Gasteiger partial charge is 0.458 e. The lowest BCUT2D eigenvalue weighted by atomic mass is 9.34. The van der Waals surface area contributed by atoms with Gasteiger partial charge in [0.1, 0.15) is 11.5 Å². The molecule has 0 atom stereocenters. The molecule has 4 heteroatoms. The Kier molecular flexibility index (Phi) is 13.5. The summed E-state index contributed by atoms with van der Waals surface area (Å²) in [7, 11) is 0. The van der Waals surface area contributed by atoms with Gasteiger partial charge in [-0.05, 0) is 181 Å². The van der Waals surface area contributed by atoms with E-state index in [4.69, 9.17) is 4.74 Å². The van der Waals surface area contributed by atoms with Crippen LogP contribution in [0, 0.1) is 0 Å². The van der Waals surface area contributed by atoms with Crippen LogP contribution in [0.3, 0.4) is 0 Å². The normalized spacial score (nSPS) is 12.6. The molecule has 0 unspecified atom stereocenters. The van der Waals surface area contributed by atoms with E-state index in [1.54, 1.807) is 0 Å². The average molecular weight is 1210 g/mol. The second kappa shape index (κ2) is 22.3. The fourth-order valence-corrected chi connectivity index (χ4v) is 14.9. The van der Waals surface area contributed by atoms with Gasteiger partial charge in [-0.2, -0.15) is 0 Å². The third-order valence-electron chi connectivity index (χ3n) is 19.7. The average Bonchev–Trinajstić information content (AvgIpc) is 0.704. The van der Waals surface area contributed by atoms with Crippen LogP contribution < -0.4 is 30.9 Å². The van der Waals surface area contributed by atoms with Crippen LogP contribution in [-0.2, 0) is 10.8 Å². The van der Waals surface area contributed by atoms with Gasteiger partial charge in [0.25, 0.3) is 6.71 Å². The van der Waals surface area contributed by atoms with Gasteiger partial charge in [0.05, 0.1) is 11.4 Å². The highest BCUT2D eigenvalue weighted by Gasteiger charge is 2.44. The van der Waals surface area contributed by atoms with Crippen LogP contribution in [-0.4, -0.2) is 6.71 Å². The third kappa shape index (κ3) is 9.74. The summed E-state index contributed by atoms with van der Waals surface area (Å²) in [5.74, 6) is 1.66. The van der Waals surface area contributed by atoms with Crippen LogP contribution in [0.4, 0.5) is 34.1 Å². The molecule has 2 aliphatic heterocycles. The molecule has 3 nitrogen and oxygen atoms in total. The van der Waals surface area contributed by atoms with E-state index in [0.717, 1.165) is 101 Å². The number of ether oxygens (including phenoxy) is 1. The van der Waals surface area contributed by atoms with Crippen molar-refractivity contribution in [1.29, 1.82) is 0 Å². The van der Waals surface area contributed by atoms with Gasteiger partial charge in [-0.1, -0.05) is 290 Å². The molecule has 15 aromatic rings. The Balaban J connectivity index is 0.976. The lowest BCUT2D eigenvalue weighted by Crippen LogP contribution is -2.59. The molecule has 0 fully saturated rings. The number of benzene rings is 15. The van der Waals surface area contributed by atoms with Crippen molar-refractivity contribution in [2.24, 2.45) is 0 Å². The molecule has 94 heavy (non-hydrogen) atoms. The molecule has 0 bridgehead atoms. The van der Waals surface area contributed by atoms with Gasteiger partial charge >= 0.3 is 0 Å². The quantitative estimate of drug-likeness (QED) is 0.100. The summed E-state index contributed by atoms with van der Waals surface area (Å²) in [6.07, 6.45) is 0. The summed E-state index contributed by atoms with van der Waals surface area (Å²) in [5, 5.41) is 7.74. The van der Waals surface area contributed by atoms with Gasteiger partial charge < -0.3 is 14.5 Å². The molecule has 0 saturated carbocycles. The number of anilines is 6. The summed E-state index contributed by atoms with van der Waals surface area (Å²) >= 11 is 0. The monoisotopic (exact) mass is 1200 g/mol. The maximum atomic E-state index is 7.64. The molecular formula is C90H69BN2O. The number of hydrogen-bond acceptors (Lipinski definition) is 3. The van der Waals surface area contributed by atoms with Gasteiger partial charge in [-0.15, -0.1) is 0 Å². The van der Waals surface area contributed by atoms with Crippen LogP contribution in [0.1, 0.15) is 52.7 Å². The SMILES string of the molecule is CC(C)(C)c1cc2ccc3cc(C(C)(C)C)cc4c(-c5ccc6c(c5)B5c7cc(-c8ccccc8)ccc7Oc7cc(N(c8ccc(-c9ccccc9)cc8)c8ccc(-c9ccccc9)cc8)cc(c75)N6c5c(-c6ccccc6)cccc5-c5ccccc5)cc(c1)c2c34. The summed E-state index contributed by atoms with van der Waals surface area (Å²) in [6.45, 7) is 13.8. The molecule has 0 amide bonds. The number of para-hydroxylation sites is 1. The Morgan fingerprint density at radius 3 is 1.31 bits per heavy atom. The molecule has 0 radical (unpaired) electrons. The van der Waals surface area contributed by atoms with E-state index in [0.29, 0.717) is 0 Å². The van der Waals surface area contributed by atoms with Crippen LogP contribution in [0.15, 0.2) is 309 Å². The van der Waals surface area contributed by atoms with Crippen molar-refractivity contribution in [3.8, 4) is 78.3 Å². The Morgan fingerprint density at radius 2 is 0.766 bits per heavy atom. The van der Waals surface area contributed by atoms with Crippen molar-refractivity contribution in [1.82, 2.24) is 0 Å². The topological polar surface area (TPSA) is 15.7 Å². The summed E-state index contributed by atoms with van der Waals surface area (Å²) in [5.41, 5.74) is 26.1. The third-order valence-corrected chi connectivity index (χ3v) is 19.7. The Morgan fingerprint density at radius 1 is 0.309 bits per heavy atom. The standard InChI is InChI=1S/C90H69BN2O/c1-89(2,3)70-49-67-35-36-68-50-71(90(4,5)6)55-78-77(52-69(51-70)85(67)86(68)78)66-41-47-81-79(54-66)91-80-53-65(60-27-16-9-17-28-60)42-48-83(80)94-84-57-74(56-82(87(84)91)93(81)88-75(63-29-18-10-19-30-63)33-22-34-76(88)64-31-20-11-21-32-64)92(72-43-37-61(38-44-72)58-23-12-7-13-24-58)73-45-39-62(40-46-73)59-25-14-8-15-26-59/h7-57H,1-6H3. The molecule has 2 aliphatic rings. The molecular weight excluding hydrogens is 1140 g/mol. The summed E-state index contributed by atoms with van der Waals surface area (Å²) in [4.78, 5) is 5.02. The van der Waals surface area contributed by atoms with E-state index in [2.05, 4.69) is 361 Å². The van der Waals surface area contributed by atoms with Gasteiger partial charge in [0, 0.05) is 39.9 Å². The minimum atomic E-state index is -0.251. The van der Waals surface area contributed by atoms with Gasteiger partial charge in [0.2, 0.25) is 0 Å². The fraction of sp³-hybridized carbons (Fsp3) is 0.0889. The molecule has 0 aliphatic carbocycles. The van der Waals surface area contributed by atoms with Crippen molar-refractivity contribution < 1.29 is 4.74 Å². The van der Waals surface area contributed by atoms with Gasteiger partial charge in [-0.3, -0.25) is 0 Å². The second-order valence-corrected chi connectivity index (χ2v) is 27.6. The predicted octanol–water partition coefficient (Wildman–Crippen LogP) is 23.1. The molecule has 15 aromatic carbocycles. The summed E-state index contributed by atoms with van der Waals surface area (Å²) < 4.78 is 7.64. The van der Waals surface area contributed by atoms with E-state index in [1.165, 1.54) is 71.2 Å². The highest BCUT2D eigenvalue weighted by Crippen LogP contribution is 2.53. The number of fused-ring (bicyclic) bond motifs is 4. The maximum Gasteiger partial charge on any atom is 0.256 e. The zero-order valence-electron chi connectivity index (χ0n) is 53.8. The van der Waals surface area contributed by atoms with E-state index >= 15 is 0 Å². The highest BCUT2D eigenvalue weighted by atomic mass is 16.5. The van der Waals surface area contributed by atoms with E-state index in [-0.39, 0.29) is 17.5 Å². The van der Waals surface area contributed by atoms with Crippen molar-refractivity contribution >= 4 is 89.5 Å². The second-order valence-electron chi connectivity index (χ2n) is 27.6. The first-order valence-electron chi connectivity index (χ1n) is 33.0. The van der Waals surface area contributed by atoms with Gasteiger partial charge in [-0.25, -0.2) is 0 Å². The predicted molar refractivity (Wildman–Crippen MR) is 401 cm³/mol. The molecule has 17 rings (SSSR count). The first-order chi connectivity index (χ1) is 45.9. The lowest BCUT2D eigenvalue weighted by Gasteiger charge is -2.42. The van der Waals surface area contributed by atoms with Crippen molar-refractivity contribution in [2.45, 2.75) is 52.4 Å². The van der Waals surface area contributed by atoms with E-state index in [1.807, 2.05) is 0 Å². The van der Waals surface area contributed by atoms with Crippen LogP contribution >= 0.6 is 0 Å².